The van der Waals surface area contributed by atoms with Crippen molar-refractivity contribution in [3.8, 4) is 5.75 Å². The molecule has 0 atom stereocenters. The van der Waals surface area contributed by atoms with E-state index in [9.17, 15) is 9.59 Å². The molecule has 6 nitrogen and oxygen atoms in total. The van der Waals surface area contributed by atoms with E-state index in [0.29, 0.717) is 11.3 Å². The first-order valence-corrected chi connectivity index (χ1v) is 6.59. The Bertz CT molecular complexity index is 629. The molecule has 0 saturated carbocycles. The second-order valence-corrected chi connectivity index (χ2v) is 4.79. The van der Waals surface area contributed by atoms with Crippen LogP contribution in [0, 0.1) is 0 Å². The summed E-state index contributed by atoms with van der Waals surface area (Å²) < 4.78 is 5.92. The second-order valence-electron chi connectivity index (χ2n) is 3.49. The zero-order valence-electron chi connectivity index (χ0n) is 9.90. The van der Waals surface area contributed by atoms with E-state index < -0.39 is 11.8 Å². The van der Waals surface area contributed by atoms with Gasteiger partial charge in [-0.15, -0.1) is 22.9 Å². The van der Waals surface area contributed by atoms with Gasteiger partial charge in [0.2, 0.25) is 0 Å². The van der Waals surface area contributed by atoms with Gasteiger partial charge in [0.25, 0.3) is 11.8 Å². The average Bonchev–Trinajstić information content (AvgIpc) is 2.86. The van der Waals surface area contributed by atoms with Gasteiger partial charge >= 0.3 is 0 Å². The number of rotatable bonds is 3. The summed E-state index contributed by atoms with van der Waals surface area (Å²) in [6.45, 7) is 0. The molecule has 0 unspecified atom stereocenters. The van der Waals surface area contributed by atoms with E-state index in [1.165, 1.54) is 11.3 Å². The molecule has 2 aromatic rings. The number of aromatic nitrogens is 1. The van der Waals surface area contributed by atoms with Crippen LogP contribution >= 0.6 is 22.9 Å². The number of halogens is 1. The minimum atomic E-state index is -0.488. The number of nitrogens with zero attached hydrogens (tertiary/aromatic N) is 1. The van der Waals surface area contributed by atoms with E-state index in [1.54, 1.807) is 25.3 Å². The van der Waals surface area contributed by atoms with Crippen molar-refractivity contribution < 1.29 is 14.3 Å². The molecule has 0 aliphatic rings. The van der Waals surface area contributed by atoms with Crippen LogP contribution < -0.4 is 15.6 Å². The predicted molar refractivity (Wildman–Crippen MR) is 72.5 cm³/mol. The number of hydrazine groups is 1. The third kappa shape index (κ3) is 3.12. The van der Waals surface area contributed by atoms with Gasteiger partial charge in [-0.25, -0.2) is 4.98 Å². The first-order chi connectivity index (χ1) is 9.13. The highest BCUT2D eigenvalue weighted by molar-refractivity contribution is 7.20. The summed E-state index contributed by atoms with van der Waals surface area (Å²) in [5.41, 5.74) is 5.10. The topological polar surface area (TPSA) is 80.3 Å². The SMILES string of the molecule is COc1ccc2nc(C(=O)NNC(=O)CCl)sc2c1. The highest BCUT2D eigenvalue weighted by Crippen LogP contribution is 2.26. The lowest BCUT2D eigenvalue weighted by Gasteiger charge is -2.02. The maximum absolute atomic E-state index is 11.7. The highest BCUT2D eigenvalue weighted by atomic mass is 35.5. The van der Waals surface area contributed by atoms with Crippen molar-refractivity contribution in [3.63, 3.8) is 0 Å². The van der Waals surface area contributed by atoms with Gasteiger partial charge in [0, 0.05) is 0 Å². The molecule has 1 heterocycles. The van der Waals surface area contributed by atoms with Crippen molar-refractivity contribution >= 4 is 45.0 Å². The number of hydrogen-bond acceptors (Lipinski definition) is 5. The molecule has 8 heteroatoms. The molecule has 0 bridgehead atoms. The molecular weight excluding hydrogens is 290 g/mol. The molecule has 0 aliphatic heterocycles. The van der Waals surface area contributed by atoms with Crippen molar-refractivity contribution in [2.75, 3.05) is 13.0 Å². The lowest BCUT2D eigenvalue weighted by atomic mass is 10.3. The maximum atomic E-state index is 11.7. The van der Waals surface area contributed by atoms with E-state index in [0.717, 1.165) is 4.70 Å². The van der Waals surface area contributed by atoms with Gasteiger partial charge in [0.05, 0.1) is 17.3 Å². The van der Waals surface area contributed by atoms with Crippen LogP contribution in [0.25, 0.3) is 10.2 Å². The number of thiazole rings is 1. The molecule has 0 saturated heterocycles. The van der Waals surface area contributed by atoms with Crippen LogP contribution in [-0.4, -0.2) is 29.8 Å². The van der Waals surface area contributed by atoms with Gasteiger partial charge in [0.15, 0.2) is 5.01 Å². The number of amides is 2. The quantitative estimate of drug-likeness (QED) is 0.661. The number of fused-ring (bicyclic) bond motifs is 1. The number of benzene rings is 1. The average molecular weight is 300 g/mol. The number of alkyl halides is 1. The van der Waals surface area contributed by atoms with Crippen LogP contribution in [0.4, 0.5) is 0 Å². The van der Waals surface area contributed by atoms with Crippen LogP contribution in [0.3, 0.4) is 0 Å². The maximum Gasteiger partial charge on any atom is 0.298 e. The Morgan fingerprint density at radius 2 is 2.21 bits per heavy atom. The first kappa shape index (κ1) is 13.6. The summed E-state index contributed by atoms with van der Waals surface area (Å²) in [5.74, 6) is -0.507. The number of nitrogens with one attached hydrogen (secondary N) is 2. The third-order valence-electron chi connectivity index (χ3n) is 2.23. The van der Waals surface area contributed by atoms with Crippen molar-refractivity contribution in [1.82, 2.24) is 15.8 Å². The highest BCUT2D eigenvalue weighted by Gasteiger charge is 2.13. The van der Waals surface area contributed by atoms with Gasteiger partial charge in [0.1, 0.15) is 11.6 Å². The van der Waals surface area contributed by atoms with Crippen LogP contribution in [0.1, 0.15) is 9.80 Å². The minimum absolute atomic E-state index is 0.225. The number of carbonyl (C=O) groups excluding carboxylic acids is 2. The Kier molecular flexibility index (Phi) is 4.18. The molecule has 19 heavy (non-hydrogen) atoms. The third-order valence-corrected chi connectivity index (χ3v) is 3.49. The van der Waals surface area contributed by atoms with Crippen LogP contribution in [0.5, 0.6) is 5.75 Å². The number of hydrogen-bond donors (Lipinski definition) is 2. The van der Waals surface area contributed by atoms with E-state index in [-0.39, 0.29) is 10.9 Å². The number of methoxy groups -OCH3 is 1. The van der Waals surface area contributed by atoms with Crippen molar-refractivity contribution in [2.45, 2.75) is 0 Å². The smallest absolute Gasteiger partial charge is 0.298 e. The fraction of sp³-hybridized carbons (Fsp3) is 0.182. The van der Waals surface area contributed by atoms with Crippen molar-refractivity contribution in [3.05, 3.63) is 23.2 Å². The zero-order chi connectivity index (χ0) is 13.8. The standard InChI is InChI=1S/C11H10ClN3O3S/c1-18-6-2-3-7-8(4-6)19-11(13-7)10(17)15-14-9(16)5-12/h2-4H,5H2,1H3,(H,14,16)(H,15,17). The van der Waals surface area contributed by atoms with Crippen LogP contribution in [0.2, 0.25) is 0 Å². The van der Waals surface area contributed by atoms with Gasteiger partial charge in [-0.2, -0.15) is 0 Å². The molecule has 1 aromatic carbocycles. The largest absolute Gasteiger partial charge is 0.497 e. The van der Waals surface area contributed by atoms with E-state index in [2.05, 4.69) is 15.8 Å². The van der Waals surface area contributed by atoms with Crippen LogP contribution in [-0.2, 0) is 4.79 Å². The van der Waals surface area contributed by atoms with Crippen LogP contribution in [0.15, 0.2) is 18.2 Å². The van der Waals surface area contributed by atoms with E-state index >= 15 is 0 Å². The molecule has 0 fully saturated rings. The van der Waals surface area contributed by atoms with Gasteiger partial charge in [-0.1, -0.05) is 0 Å². The monoisotopic (exact) mass is 299 g/mol. The lowest BCUT2D eigenvalue weighted by molar-refractivity contribution is -0.119. The van der Waals surface area contributed by atoms with Crippen molar-refractivity contribution in [1.29, 1.82) is 0 Å². The molecule has 2 amide bonds. The molecule has 100 valence electrons. The van der Waals surface area contributed by atoms with Gasteiger partial charge in [-0.3, -0.25) is 20.4 Å². The van der Waals surface area contributed by atoms with E-state index in [4.69, 9.17) is 16.3 Å². The minimum Gasteiger partial charge on any atom is -0.497 e. The lowest BCUT2D eigenvalue weighted by Crippen LogP contribution is -2.42. The fourth-order valence-electron chi connectivity index (χ4n) is 1.34. The Labute approximate surface area is 117 Å². The summed E-state index contributed by atoms with van der Waals surface area (Å²) in [4.78, 5) is 26.8. The fourth-order valence-corrected chi connectivity index (χ4v) is 2.30. The Morgan fingerprint density at radius 1 is 1.42 bits per heavy atom. The molecule has 2 N–H and O–H groups in total. The molecule has 2 rings (SSSR count). The normalized spacial score (nSPS) is 10.2. The van der Waals surface area contributed by atoms with E-state index in [1.807, 2.05) is 0 Å². The first-order valence-electron chi connectivity index (χ1n) is 5.23. The van der Waals surface area contributed by atoms with Gasteiger partial charge < -0.3 is 4.74 Å². The Hall–Kier alpha value is -1.86. The Balaban J connectivity index is 2.16. The summed E-state index contributed by atoms with van der Waals surface area (Å²) in [6.07, 6.45) is 0. The molecule has 0 spiro atoms. The molecular formula is C11H10ClN3O3S. The molecule has 0 aliphatic carbocycles. The number of ether oxygens (including phenoxy) is 1. The van der Waals surface area contributed by atoms with Gasteiger partial charge in [-0.05, 0) is 18.2 Å². The van der Waals surface area contributed by atoms with Crippen molar-refractivity contribution in [2.24, 2.45) is 0 Å². The summed E-state index contributed by atoms with van der Waals surface area (Å²) >= 11 is 6.50. The zero-order valence-corrected chi connectivity index (χ0v) is 11.5. The summed E-state index contributed by atoms with van der Waals surface area (Å²) in [5, 5.41) is 0.248. The molecule has 0 radical (unpaired) electrons. The summed E-state index contributed by atoms with van der Waals surface area (Å²) in [7, 11) is 1.57. The second kappa shape index (κ2) is 5.85. The number of carbonyl (C=O) groups is 2. The predicted octanol–water partition coefficient (Wildman–Crippen LogP) is 1.30. The Morgan fingerprint density at radius 3 is 2.89 bits per heavy atom. The molecule has 1 aromatic heterocycles. The summed E-state index contributed by atoms with van der Waals surface area (Å²) in [6, 6.07) is 5.32.